The summed E-state index contributed by atoms with van der Waals surface area (Å²) in [5.41, 5.74) is 18.5. The number of fused-ring (bicyclic) bond motifs is 2. The van der Waals surface area contributed by atoms with Gasteiger partial charge in [0, 0.05) is 23.3 Å². The third-order valence-electron chi connectivity index (χ3n) is 3.63. The average Bonchev–Trinajstić information content (AvgIpc) is 2.36. The lowest BCUT2D eigenvalue weighted by atomic mass is 9.70. The third-order valence-corrected chi connectivity index (χ3v) is 3.81. The van der Waals surface area contributed by atoms with Gasteiger partial charge in [-0.2, -0.15) is 10.2 Å². The zero-order valence-corrected chi connectivity index (χ0v) is 12.2. The fourth-order valence-corrected chi connectivity index (χ4v) is 2.88. The SMILES string of the molecule is NC(=S)NN=C1CCC2CC1CCC2=NNC(N)=S. The van der Waals surface area contributed by atoms with E-state index in [0.717, 1.165) is 32.1 Å². The first-order chi connectivity index (χ1) is 9.06. The number of nitrogens with two attached hydrogens (primary N) is 2. The van der Waals surface area contributed by atoms with Gasteiger partial charge in [-0.05, 0) is 56.5 Å². The van der Waals surface area contributed by atoms with Crippen LogP contribution in [-0.4, -0.2) is 21.6 Å². The number of rotatable bonds is 2. The average molecular weight is 298 g/mol. The fraction of sp³-hybridized carbons (Fsp3) is 0.636. The van der Waals surface area contributed by atoms with Gasteiger partial charge in [-0.25, -0.2) is 0 Å². The highest BCUT2D eigenvalue weighted by Crippen LogP contribution is 2.36. The molecule has 2 bridgehead atoms. The Hall–Kier alpha value is -1.28. The van der Waals surface area contributed by atoms with Crippen LogP contribution in [-0.2, 0) is 0 Å². The van der Waals surface area contributed by atoms with Crippen LogP contribution in [0.2, 0.25) is 0 Å². The van der Waals surface area contributed by atoms with E-state index < -0.39 is 0 Å². The molecule has 0 aromatic carbocycles. The summed E-state index contributed by atoms with van der Waals surface area (Å²) in [5.74, 6) is 1.01. The molecule has 6 N–H and O–H groups in total. The number of thiocarbonyl (C=S) groups is 2. The summed E-state index contributed by atoms with van der Waals surface area (Å²) in [5, 5.41) is 9.05. The van der Waals surface area contributed by atoms with E-state index in [4.69, 9.17) is 35.9 Å². The van der Waals surface area contributed by atoms with Crippen molar-refractivity contribution in [2.24, 2.45) is 33.5 Å². The predicted octanol–water partition coefficient (Wildman–Crippen LogP) is 0.575. The fourth-order valence-electron chi connectivity index (χ4n) is 2.79. The standard InChI is InChI=1S/C11H18N6S2/c12-10(18)16-14-8-3-1-6-5-7(8)2-4-9(6)15-17-11(13)19/h6-7H,1-5H2,(H3,12,16,18)(H3,13,17,19). The van der Waals surface area contributed by atoms with Gasteiger partial charge < -0.3 is 11.5 Å². The van der Waals surface area contributed by atoms with E-state index in [9.17, 15) is 0 Å². The molecule has 0 aromatic rings. The lowest BCUT2D eigenvalue weighted by molar-refractivity contribution is 0.404. The van der Waals surface area contributed by atoms with E-state index in [1.807, 2.05) is 0 Å². The first kappa shape index (κ1) is 14.1. The summed E-state index contributed by atoms with van der Waals surface area (Å²) in [7, 11) is 0. The molecule has 2 unspecified atom stereocenters. The highest BCUT2D eigenvalue weighted by atomic mass is 32.1. The zero-order chi connectivity index (χ0) is 13.8. The number of nitrogens with zero attached hydrogens (tertiary/aromatic N) is 2. The van der Waals surface area contributed by atoms with Gasteiger partial charge in [-0.1, -0.05) is 0 Å². The van der Waals surface area contributed by atoms with Crippen LogP contribution in [0.15, 0.2) is 10.2 Å². The van der Waals surface area contributed by atoms with Crippen LogP contribution in [0, 0.1) is 11.8 Å². The maximum atomic E-state index is 5.39. The van der Waals surface area contributed by atoms with Crippen molar-refractivity contribution < 1.29 is 0 Å². The number of hydrogen-bond acceptors (Lipinski definition) is 4. The normalized spacial score (nSPS) is 30.1. The van der Waals surface area contributed by atoms with Crippen LogP contribution in [0.1, 0.15) is 32.1 Å². The molecule has 2 rings (SSSR count). The molecule has 2 aliphatic rings. The second-order valence-electron chi connectivity index (χ2n) is 4.87. The van der Waals surface area contributed by atoms with Gasteiger partial charge in [0.25, 0.3) is 0 Å². The van der Waals surface area contributed by atoms with Crippen LogP contribution in [0.25, 0.3) is 0 Å². The van der Waals surface area contributed by atoms with Crippen molar-refractivity contribution in [3.8, 4) is 0 Å². The summed E-state index contributed by atoms with van der Waals surface area (Å²) in [6.07, 6.45) is 5.09. The molecule has 2 aliphatic carbocycles. The number of hydrogen-bond donors (Lipinski definition) is 4. The van der Waals surface area contributed by atoms with Crippen molar-refractivity contribution in [3.63, 3.8) is 0 Å². The molecule has 2 fully saturated rings. The van der Waals surface area contributed by atoms with Crippen molar-refractivity contribution in [1.82, 2.24) is 10.9 Å². The molecular formula is C11H18N6S2. The number of hydrazone groups is 2. The van der Waals surface area contributed by atoms with E-state index in [1.165, 1.54) is 11.4 Å². The van der Waals surface area contributed by atoms with Crippen molar-refractivity contribution >= 4 is 46.1 Å². The molecule has 0 aliphatic heterocycles. The van der Waals surface area contributed by atoms with Crippen LogP contribution in [0.5, 0.6) is 0 Å². The minimum absolute atomic E-state index is 0.216. The van der Waals surface area contributed by atoms with Gasteiger partial charge in [-0.3, -0.25) is 10.9 Å². The minimum Gasteiger partial charge on any atom is -0.375 e. The van der Waals surface area contributed by atoms with Crippen LogP contribution in [0.4, 0.5) is 0 Å². The molecular weight excluding hydrogens is 280 g/mol. The Labute approximate surface area is 123 Å². The molecule has 0 heterocycles. The van der Waals surface area contributed by atoms with Gasteiger partial charge in [0.2, 0.25) is 0 Å². The minimum atomic E-state index is 0.216. The molecule has 104 valence electrons. The molecule has 0 aromatic heterocycles. The molecule has 0 saturated heterocycles. The lowest BCUT2D eigenvalue weighted by Gasteiger charge is -2.36. The molecule has 0 radical (unpaired) electrons. The van der Waals surface area contributed by atoms with Crippen molar-refractivity contribution in [2.75, 3.05) is 0 Å². The smallest absolute Gasteiger partial charge is 0.184 e. The molecule has 6 nitrogen and oxygen atoms in total. The van der Waals surface area contributed by atoms with E-state index in [0.29, 0.717) is 11.8 Å². The topological polar surface area (TPSA) is 101 Å². The highest BCUT2D eigenvalue weighted by molar-refractivity contribution is 7.80. The Morgan fingerprint density at radius 1 is 0.947 bits per heavy atom. The van der Waals surface area contributed by atoms with Crippen LogP contribution in [0.3, 0.4) is 0 Å². The Bertz CT molecular complexity index is 404. The van der Waals surface area contributed by atoms with Gasteiger partial charge in [0.05, 0.1) is 0 Å². The summed E-state index contributed by atoms with van der Waals surface area (Å²) < 4.78 is 0. The molecule has 2 saturated carbocycles. The monoisotopic (exact) mass is 298 g/mol. The Balaban J connectivity index is 1.98. The summed E-state index contributed by atoms with van der Waals surface area (Å²) in [6.45, 7) is 0. The highest BCUT2D eigenvalue weighted by Gasteiger charge is 2.34. The van der Waals surface area contributed by atoms with E-state index in [-0.39, 0.29) is 10.2 Å². The maximum absolute atomic E-state index is 5.39. The second kappa shape index (κ2) is 6.25. The Kier molecular flexibility index (Phi) is 4.65. The van der Waals surface area contributed by atoms with Gasteiger partial charge in [0.15, 0.2) is 10.2 Å². The maximum Gasteiger partial charge on any atom is 0.184 e. The Morgan fingerprint density at radius 3 is 1.74 bits per heavy atom. The lowest BCUT2D eigenvalue weighted by Crippen LogP contribution is -2.38. The van der Waals surface area contributed by atoms with E-state index in [2.05, 4.69) is 21.1 Å². The summed E-state index contributed by atoms with van der Waals surface area (Å²) in [6, 6.07) is 0. The summed E-state index contributed by atoms with van der Waals surface area (Å²) in [4.78, 5) is 0. The second-order valence-corrected chi connectivity index (χ2v) is 5.74. The van der Waals surface area contributed by atoms with Crippen molar-refractivity contribution in [3.05, 3.63) is 0 Å². The van der Waals surface area contributed by atoms with Crippen molar-refractivity contribution in [2.45, 2.75) is 32.1 Å². The van der Waals surface area contributed by atoms with Gasteiger partial charge in [-0.15, -0.1) is 0 Å². The van der Waals surface area contributed by atoms with Gasteiger partial charge in [0.1, 0.15) is 0 Å². The van der Waals surface area contributed by atoms with E-state index >= 15 is 0 Å². The largest absolute Gasteiger partial charge is 0.375 e. The summed E-state index contributed by atoms with van der Waals surface area (Å²) >= 11 is 9.52. The molecule has 0 spiro atoms. The third kappa shape index (κ3) is 3.84. The van der Waals surface area contributed by atoms with Crippen LogP contribution < -0.4 is 22.3 Å². The van der Waals surface area contributed by atoms with Crippen molar-refractivity contribution in [1.29, 1.82) is 0 Å². The molecule has 2 atom stereocenters. The first-order valence-electron chi connectivity index (χ1n) is 6.30. The van der Waals surface area contributed by atoms with Crippen LogP contribution >= 0.6 is 24.4 Å². The zero-order valence-electron chi connectivity index (χ0n) is 10.6. The van der Waals surface area contributed by atoms with Gasteiger partial charge >= 0.3 is 0 Å². The predicted molar refractivity (Wildman–Crippen MR) is 84.8 cm³/mol. The quantitative estimate of drug-likeness (QED) is 0.439. The number of nitrogens with one attached hydrogen (secondary N) is 2. The van der Waals surface area contributed by atoms with E-state index in [1.54, 1.807) is 0 Å². The first-order valence-corrected chi connectivity index (χ1v) is 7.11. The molecule has 0 amide bonds. The molecule has 19 heavy (non-hydrogen) atoms. The molecule has 8 heteroatoms. The Morgan fingerprint density at radius 2 is 1.37 bits per heavy atom.